The monoisotopic (exact) mass is 485 g/mol. The van der Waals surface area contributed by atoms with Crippen LogP contribution in [0.4, 0.5) is 24.5 Å². The number of halogens is 3. The second-order valence-corrected chi connectivity index (χ2v) is 8.61. The Balaban J connectivity index is 1.35. The molecule has 0 aliphatic heterocycles. The van der Waals surface area contributed by atoms with E-state index < -0.39 is 22.7 Å². The van der Waals surface area contributed by atoms with Gasteiger partial charge in [-0.1, -0.05) is 11.6 Å². The van der Waals surface area contributed by atoms with Gasteiger partial charge in [0.05, 0.1) is 47.0 Å². The van der Waals surface area contributed by atoms with Gasteiger partial charge in [-0.15, -0.1) is 0 Å². The highest BCUT2D eigenvalue weighted by Crippen LogP contribution is 2.49. The molecule has 3 aromatic rings. The highest BCUT2D eigenvalue weighted by Gasteiger charge is 2.51. The molecular formula is C24H22F3N5O3. The fraction of sp³-hybridized carbons (Fsp3) is 0.292. The third kappa shape index (κ3) is 5.73. The van der Waals surface area contributed by atoms with Crippen LogP contribution in [0, 0.1) is 12.3 Å². The van der Waals surface area contributed by atoms with E-state index in [1.54, 1.807) is 25.1 Å². The number of alkyl halides is 3. The summed E-state index contributed by atoms with van der Waals surface area (Å²) in [6.45, 7) is 1.69. The molecule has 0 radical (unpaired) electrons. The summed E-state index contributed by atoms with van der Waals surface area (Å²) in [7, 11) is 0. The van der Waals surface area contributed by atoms with Gasteiger partial charge in [-0.25, -0.2) is 5.10 Å². The van der Waals surface area contributed by atoms with Gasteiger partial charge < -0.3 is 10.6 Å². The fourth-order valence-corrected chi connectivity index (χ4v) is 3.69. The maximum atomic E-state index is 13.3. The van der Waals surface area contributed by atoms with E-state index in [2.05, 4.69) is 25.8 Å². The molecule has 1 amide bonds. The molecule has 4 rings (SSSR count). The number of aromatic amines is 1. The standard InChI is InChI=1S/C24H22F3N5O3/c1-14-2-5-19(18(8-14)24(25,26)27)31-17-4-3-16(28-13-17)12-29-22(35)23(6-7-23)10-20(33)15-9-21(34)32-30-11-15/h2-5,8-9,11,13,31H,6-7,10,12H2,1H3,(H,29,35)(H,32,34). The average Bonchev–Trinajstić information content (AvgIpc) is 3.59. The lowest BCUT2D eigenvalue weighted by Gasteiger charge is -2.16. The quantitative estimate of drug-likeness (QED) is 0.417. The zero-order valence-electron chi connectivity index (χ0n) is 18.7. The van der Waals surface area contributed by atoms with Gasteiger partial charge in [-0.05, 0) is 44.0 Å². The number of aromatic nitrogens is 3. The van der Waals surface area contributed by atoms with Crippen LogP contribution in [0.15, 0.2) is 53.6 Å². The van der Waals surface area contributed by atoms with E-state index in [9.17, 15) is 27.6 Å². The molecule has 1 aromatic carbocycles. The Morgan fingerprint density at radius 2 is 1.89 bits per heavy atom. The van der Waals surface area contributed by atoms with Crippen LogP contribution in [0.25, 0.3) is 0 Å². The van der Waals surface area contributed by atoms with E-state index in [0.29, 0.717) is 29.8 Å². The Hall–Kier alpha value is -4.02. The number of rotatable bonds is 8. The molecule has 1 aliphatic rings. The predicted molar refractivity (Wildman–Crippen MR) is 121 cm³/mol. The molecule has 8 nitrogen and oxygen atoms in total. The molecule has 0 spiro atoms. The topological polar surface area (TPSA) is 117 Å². The largest absolute Gasteiger partial charge is 0.418 e. The number of carbonyl (C=O) groups excluding carboxylic acids is 2. The van der Waals surface area contributed by atoms with E-state index in [0.717, 1.165) is 12.1 Å². The number of nitrogens with one attached hydrogen (secondary N) is 3. The van der Waals surface area contributed by atoms with E-state index in [1.807, 2.05) is 0 Å². The first-order valence-electron chi connectivity index (χ1n) is 10.8. The number of amides is 1. The number of carbonyl (C=O) groups is 2. The van der Waals surface area contributed by atoms with Gasteiger partial charge in [-0.2, -0.15) is 18.3 Å². The minimum absolute atomic E-state index is 0.0294. The predicted octanol–water partition coefficient (Wildman–Crippen LogP) is 3.91. The molecule has 0 atom stereocenters. The van der Waals surface area contributed by atoms with Gasteiger partial charge in [-0.3, -0.25) is 19.4 Å². The Bertz CT molecular complexity index is 1310. The minimum Gasteiger partial charge on any atom is -0.354 e. The van der Waals surface area contributed by atoms with Crippen molar-refractivity contribution in [2.45, 2.75) is 38.9 Å². The van der Waals surface area contributed by atoms with Crippen LogP contribution < -0.4 is 16.2 Å². The van der Waals surface area contributed by atoms with E-state index in [-0.39, 0.29) is 35.9 Å². The summed E-state index contributed by atoms with van der Waals surface area (Å²) in [4.78, 5) is 40.7. The zero-order valence-corrected chi connectivity index (χ0v) is 18.7. The summed E-state index contributed by atoms with van der Waals surface area (Å²) in [5.74, 6) is -0.624. The number of Topliss-reactive ketones (excluding diaryl/α,β-unsaturated/α-hetero) is 1. The third-order valence-electron chi connectivity index (χ3n) is 5.84. The molecule has 1 saturated carbocycles. The van der Waals surface area contributed by atoms with Crippen LogP contribution >= 0.6 is 0 Å². The van der Waals surface area contributed by atoms with Crippen LogP contribution in [-0.4, -0.2) is 26.9 Å². The highest BCUT2D eigenvalue weighted by molar-refractivity contribution is 6.00. The van der Waals surface area contributed by atoms with Crippen LogP contribution in [0.5, 0.6) is 0 Å². The molecular weight excluding hydrogens is 463 g/mol. The fourth-order valence-electron chi connectivity index (χ4n) is 3.69. The van der Waals surface area contributed by atoms with Crippen LogP contribution in [0.3, 0.4) is 0 Å². The number of aryl methyl sites for hydroxylation is 1. The summed E-state index contributed by atoms with van der Waals surface area (Å²) >= 11 is 0. The van der Waals surface area contributed by atoms with E-state index in [4.69, 9.17) is 0 Å². The molecule has 0 unspecified atom stereocenters. The zero-order chi connectivity index (χ0) is 25.2. The summed E-state index contributed by atoms with van der Waals surface area (Å²) in [5, 5.41) is 11.3. The van der Waals surface area contributed by atoms with Crippen molar-refractivity contribution in [3.63, 3.8) is 0 Å². The van der Waals surface area contributed by atoms with Crippen molar-refractivity contribution in [3.05, 3.63) is 81.5 Å². The van der Waals surface area contributed by atoms with Gasteiger partial charge in [0.1, 0.15) is 0 Å². The Morgan fingerprint density at radius 1 is 1.11 bits per heavy atom. The van der Waals surface area contributed by atoms with Crippen molar-refractivity contribution in [2.75, 3.05) is 5.32 Å². The first-order chi connectivity index (χ1) is 16.6. The van der Waals surface area contributed by atoms with Gasteiger partial charge in [0.25, 0.3) is 5.56 Å². The SMILES string of the molecule is Cc1ccc(Nc2ccc(CNC(=O)C3(CC(=O)c4cn[nH]c(=O)c4)CC3)nc2)c(C(F)(F)F)c1. The number of anilines is 2. The molecule has 182 valence electrons. The van der Waals surface area contributed by atoms with Crippen molar-refractivity contribution < 1.29 is 22.8 Å². The molecule has 1 fully saturated rings. The number of ketones is 1. The lowest BCUT2D eigenvalue weighted by Crippen LogP contribution is -2.33. The van der Waals surface area contributed by atoms with Gasteiger partial charge in [0.2, 0.25) is 5.91 Å². The molecule has 0 saturated heterocycles. The van der Waals surface area contributed by atoms with Gasteiger partial charge in [0.15, 0.2) is 5.78 Å². The number of hydrogen-bond acceptors (Lipinski definition) is 6. The minimum atomic E-state index is -4.50. The molecule has 3 N–H and O–H groups in total. The Morgan fingerprint density at radius 3 is 2.51 bits per heavy atom. The summed E-state index contributed by atoms with van der Waals surface area (Å²) < 4.78 is 40.0. The smallest absolute Gasteiger partial charge is 0.354 e. The maximum absolute atomic E-state index is 13.3. The van der Waals surface area contributed by atoms with Gasteiger partial charge in [0, 0.05) is 18.1 Å². The third-order valence-corrected chi connectivity index (χ3v) is 5.84. The van der Waals surface area contributed by atoms with Crippen LogP contribution in [0.2, 0.25) is 0 Å². The molecule has 11 heteroatoms. The number of nitrogens with zero attached hydrogens (tertiary/aromatic N) is 2. The average molecular weight is 485 g/mol. The van der Waals surface area contributed by atoms with Crippen LogP contribution in [0.1, 0.15) is 46.4 Å². The number of hydrogen-bond donors (Lipinski definition) is 3. The van der Waals surface area contributed by atoms with Crippen LogP contribution in [-0.2, 0) is 17.5 Å². The normalized spacial score (nSPS) is 14.3. The van der Waals surface area contributed by atoms with E-state index >= 15 is 0 Å². The van der Waals surface area contributed by atoms with Crippen molar-refractivity contribution in [1.82, 2.24) is 20.5 Å². The summed E-state index contributed by atoms with van der Waals surface area (Å²) in [5.41, 5.74) is -0.645. The molecule has 2 heterocycles. The molecule has 35 heavy (non-hydrogen) atoms. The maximum Gasteiger partial charge on any atom is 0.418 e. The summed E-state index contributed by atoms with van der Waals surface area (Å²) in [6.07, 6.45) is -0.786. The summed E-state index contributed by atoms with van der Waals surface area (Å²) in [6, 6.07) is 8.34. The lowest BCUT2D eigenvalue weighted by atomic mass is 9.95. The second-order valence-electron chi connectivity index (χ2n) is 8.61. The van der Waals surface area contributed by atoms with Gasteiger partial charge >= 0.3 is 6.18 Å². The highest BCUT2D eigenvalue weighted by atomic mass is 19.4. The van der Waals surface area contributed by atoms with E-state index in [1.165, 1.54) is 18.5 Å². The Kier molecular flexibility index (Phi) is 6.42. The number of benzene rings is 1. The first kappa shape index (κ1) is 24.1. The van der Waals surface area contributed by atoms with Crippen molar-refractivity contribution in [2.24, 2.45) is 5.41 Å². The Labute approximate surface area is 198 Å². The first-order valence-corrected chi connectivity index (χ1v) is 10.8. The van der Waals surface area contributed by atoms with Crippen molar-refractivity contribution in [1.29, 1.82) is 0 Å². The van der Waals surface area contributed by atoms with Crippen molar-refractivity contribution >= 4 is 23.1 Å². The molecule has 0 bridgehead atoms. The molecule has 2 aromatic heterocycles. The van der Waals surface area contributed by atoms with Crippen molar-refractivity contribution in [3.8, 4) is 0 Å². The second kappa shape index (κ2) is 9.32. The number of H-pyrrole nitrogens is 1. The lowest BCUT2D eigenvalue weighted by molar-refractivity contribution is -0.137. The number of pyridine rings is 1. The molecule has 1 aliphatic carbocycles.